The molecule has 0 aromatic rings. The first kappa shape index (κ1) is 4.37. The Bertz CT molecular complexity index is 110. The minimum Gasteiger partial charge on any atom is -0.403 e. The minimum atomic E-state index is 1.01. The zero-order valence-corrected chi connectivity index (χ0v) is 4.09. The molecule has 0 atom stereocenters. The monoisotopic (exact) mass is 96.1 g/mol. The summed E-state index contributed by atoms with van der Waals surface area (Å²) in [4.78, 5) is 3.97. The molecule has 7 heavy (non-hydrogen) atoms. The molecule has 0 fully saturated rings. The molecule has 0 aromatic heterocycles. The van der Waals surface area contributed by atoms with E-state index >= 15 is 0 Å². The van der Waals surface area contributed by atoms with Gasteiger partial charge in [-0.1, -0.05) is 0 Å². The second-order valence-electron chi connectivity index (χ2n) is 1.51. The van der Waals surface area contributed by atoms with Gasteiger partial charge in [0, 0.05) is 12.4 Å². The Labute approximate surface area is 42.7 Å². The van der Waals surface area contributed by atoms with Crippen molar-refractivity contribution < 1.29 is 0 Å². The lowest BCUT2D eigenvalue weighted by molar-refractivity contribution is 1.06. The lowest BCUT2D eigenvalue weighted by Gasteiger charge is -1.82. The first-order valence-corrected chi connectivity index (χ1v) is 2.37. The van der Waals surface area contributed by atoms with Crippen LogP contribution in [0.15, 0.2) is 16.9 Å². The molecule has 1 heterocycles. The average molecular weight is 96.1 g/mol. The van der Waals surface area contributed by atoms with Gasteiger partial charge < -0.3 is 5.73 Å². The number of hydrogen-bond acceptors (Lipinski definition) is 2. The fraction of sp³-hybridized carbons (Fsp3) is 0.400. The largest absolute Gasteiger partial charge is 0.403 e. The fourth-order valence-corrected chi connectivity index (χ4v) is 0.585. The Morgan fingerprint density at radius 2 is 2.71 bits per heavy atom. The van der Waals surface area contributed by atoms with Crippen LogP contribution >= 0.6 is 0 Å². The van der Waals surface area contributed by atoms with Crippen molar-refractivity contribution in [2.45, 2.75) is 12.8 Å². The highest BCUT2D eigenvalue weighted by atomic mass is 14.8. The molecule has 0 amide bonds. The Hall–Kier alpha value is -0.790. The molecule has 2 heteroatoms. The first-order chi connectivity index (χ1) is 3.43. The number of nitrogens with two attached hydrogens (primary N) is 1. The molecule has 38 valence electrons. The maximum Gasteiger partial charge on any atom is 0.0557 e. The first-order valence-electron chi connectivity index (χ1n) is 2.37. The van der Waals surface area contributed by atoms with Crippen LogP contribution in [-0.4, -0.2) is 6.21 Å². The maximum atomic E-state index is 5.16. The minimum absolute atomic E-state index is 1.01. The van der Waals surface area contributed by atoms with E-state index < -0.39 is 0 Å². The van der Waals surface area contributed by atoms with Crippen LogP contribution in [-0.2, 0) is 0 Å². The molecule has 0 saturated carbocycles. The number of hydrogen-bond donors (Lipinski definition) is 1. The third-order valence-corrected chi connectivity index (χ3v) is 0.979. The molecule has 0 aliphatic carbocycles. The van der Waals surface area contributed by atoms with Crippen LogP contribution in [0.4, 0.5) is 0 Å². The van der Waals surface area contributed by atoms with Crippen LogP contribution in [0, 0.1) is 0 Å². The summed E-state index contributed by atoms with van der Waals surface area (Å²) in [5.41, 5.74) is 6.17. The van der Waals surface area contributed by atoms with Crippen molar-refractivity contribution in [3.63, 3.8) is 0 Å². The van der Waals surface area contributed by atoms with E-state index in [9.17, 15) is 0 Å². The Morgan fingerprint density at radius 1 is 1.86 bits per heavy atom. The lowest BCUT2D eigenvalue weighted by atomic mass is 10.3. The highest BCUT2D eigenvalue weighted by molar-refractivity contribution is 5.62. The summed E-state index contributed by atoms with van der Waals surface area (Å²) < 4.78 is 0. The second-order valence-corrected chi connectivity index (χ2v) is 1.51. The van der Waals surface area contributed by atoms with Crippen LogP contribution in [0.2, 0.25) is 0 Å². The molecule has 1 rings (SSSR count). The molecule has 2 nitrogen and oxygen atoms in total. The van der Waals surface area contributed by atoms with Gasteiger partial charge in [-0.3, -0.25) is 4.99 Å². The van der Waals surface area contributed by atoms with Crippen molar-refractivity contribution >= 4 is 6.21 Å². The summed E-state index contributed by atoms with van der Waals surface area (Å²) in [7, 11) is 0. The van der Waals surface area contributed by atoms with Crippen LogP contribution in [0.1, 0.15) is 12.8 Å². The van der Waals surface area contributed by atoms with Gasteiger partial charge in [-0.05, 0) is 12.8 Å². The summed E-state index contributed by atoms with van der Waals surface area (Å²) in [5.74, 6) is 0. The van der Waals surface area contributed by atoms with E-state index in [1.54, 1.807) is 6.20 Å². The zero-order chi connectivity index (χ0) is 5.11. The molecular formula is C5H8N2. The zero-order valence-electron chi connectivity index (χ0n) is 4.09. The quantitative estimate of drug-likeness (QED) is 0.472. The van der Waals surface area contributed by atoms with Crippen LogP contribution in [0.25, 0.3) is 0 Å². The maximum absolute atomic E-state index is 5.16. The third kappa shape index (κ3) is 0.796. The Morgan fingerprint density at radius 3 is 3.00 bits per heavy atom. The molecule has 0 saturated heterocycles. The van der Waals surface area contributed by atoms with Crippen molar-refractivity contribution in [1.82, 2.24) is 0 Å². The summed E-state index contributed by atoms with van der Waals surface area (Å²) >= 11 is 0. The molecule has 0 radical (unpaired) electrons. The van der Waals surface area contributed by atoms with Crippen molar-refractivity contribution in [1.29, 1.82) is 0 Å². The van der Waals surface area contributed by atoms with Gasteiger partial charge in [0.05, 0.1) is 5.70 Å². The van der Waals surface area contributed by atoms with Crippen LogP contribution in [0.5, 0.6) is 0 Å². The highest BCUT2D eigenvalue weighted by Crippen LogP contribution is 2.09. The average Bonchev–Trinajstić information content (AvgIpc) is 2.14. The Balaban J connectivity index is 2.59. The van der Waals surface area contributed by atoms with E-state index in [4.69, 9.17) is 5.73 Å². The summed E-state index contributed by atoms with van der Waals surface area (Å²) in [6.45, 7) is 0. The standard InChI is InChI=1S/C5H8N2/c6-4-5-2-1-3-7-5/h3-4H,1-2,6H2/b5-4+. The van der Waals surface area contributed by atoms with E-state index in [2.05, 4.69) is 4.99 Å². The van der Waals surface area contributed by atoms with Gasteiger partial charge in [0.2, 0.25) is 0 Å². The van der Waals surface area contributed by atoms with Crippen molar-refractivity contribution in [3.05, 3.63) is 11.9 Å². The lowest BCUT2D eigenvalue weighted by Crippen LogP contribution is -1.80. The van der Waals surface area contributed by atoms with E-state index in [-0.39, 0.29) is 0 Å². The van der Waals surface area contributed by atoms with E-state index in [0.717, 1.165) is 18.5 Å². The predicted octanol–water partition coefficient (Wildman–Crippen LogP) is 0.651. The number of nitrogens with zero attached hydrogens (tertiary/aromatic N) is 1. The Kier molecular flexibility index (Phi) is 1.11. The normalized spacial score (nSPS) is 24.3. The van der Waals surface area contributed by atoms with Crippen molar-refractivity contribution in [2.75, 3.05) is 0 Å². The van der Waals surface area contributed by atoms with Crippen LogP contribution < -0.4 is 5.73 Å². The van der Waals surface area contributed by atoms with Gasteiger partial charge in [0.1, 0.15) is 0 Å². The SMILES string of the molecule is N/C=C1\CCC=N1. The smallest absolute Gasteiger partial charge is 0.0557 e. The number of rotatable bonds is 0. The van der Waals surface area contributed by atoms with Crippen LogP contribution in [0.3, 0.4) is 0 Å². The van der Waals surface area contributed by atoms with Gasteiger partial charge in [-0.15, -0.1) is 0 Å². The molecular weight excluding hydrogens is 88.1 g/mol. The molecule has 2 N–H and O–H groups in total. The molecule has 1 aliphatic rings. The second kappa shape index (κ2) is 1.78. The van der Waals surface area contributed by atoms with Gasteiger partial charge in [0.15, 0.2) is 0 Å². The van der Waals surface area contributed by atoms with Gasteiger partial charge in [0.25, 0.3) is 0 Å². The number of allylic oxidation sites excluding steroid dienone is 1. The number of aliphatic imine (C=N–C) groups is 1. The van der Waals surface area contributed by atoms with E-state index in [0.29, 0.717) is 0 Å². The molecule has 0 bridgehead atoms. The molecule has 1 aliphatic heterocycles. The molecule has 0 unspecified atom stereocenters. The van der Waals surface area contributed by atoms with Crippen molar-refractivity contribution in [3.8, 4) is 0 Å². The molecule has 0 spiro atoms. The summed E-state index contributed by atoms with van der Waals surface area (Å²) in [6, 6.07) is 0. The summed E-state index contributed by atoms with van der Waals surface area (Å²) in [5, 5.41) is 0. The fourth-order valence-electron chi connectivity index (χ4n) is 0.585. The predicted molar refractivity (Wildman–Crippen MR) is 30.0 cm³/mol. The molecule has 0 aromatic carbocycles. The van der Waals surface area contributed by atoms with Gasteiger partial charge in [-0.2, -0.15) is 0 Å². The van der Waals surface area contributed by atoms with Gasteiger partial charge >= 0.3 is 0 Å². The summed E-state index contributed by atoms with van der Waals surface area (Å²) in [6.07, 6.45) is 5.53. The van der Waals surface area contributed by atoms with E-state index in [1.807, 2.05) is 6.21 Å². The van der Waals surface area contributed by atoms with Crippen molar-refractivity contribution in [2.24, 2.45) is 10.7 Å². The van der Waals surface area contributed by atoms with Gasteiger partial charge in [-0.25, -0.2) is 0 Å². The topological polar surface area (TPSA) is 38.4 Å². The third-order valence-electron chi connectivity index (χ3n) is 0.979. The highest BCUT2D eigenvalue weighted by Gasteiger charge is 1.96. The van der Waals surface area contributed by atoms with E-state index in [1.165, 1.54) is 0 Å².